The number of alkyl halides is 3. The third-order valence-corrected chi connectivity index (χ3v) is 5.09. The van der Waals surface area contributed by atoms with Gasteiger partial charge in [-0.05, 0) is 42.2 Å². The van der Waals surface area contributed by atoms with Crippen molar-refractivity contribution in [3.8, 4) is 0 Å². The summed E-state index contributed by atoms with van der Waals surface area (Å²) in [5.41, 5.74) is 1.97. The minimum absolute atomic E-state index is 0.0206. The lowest BCUT2D eigenvalue weighted by Crippen LogP contribution is -2.26. The van der Waals surface area contributed by atoms with E-state index in [0.717, 1.165) is 34.6 Å². The maximum Gasteiger partial charge on any atom is 0.416 e. The van der Waals surface area contributed by atoms with Crippen LogP contribution >= 0.6 is 0 Å². The number of halogens is 3. The standard InChI is InChI=1S/C20H18F3N3O/c1-26-17-5-3-2-4-16(17)25-18(26)11-24-19(27)15-10-14(15)12-6-8-13(9-7-12)20(21,22)23/h2-9,14-15H,10-11H2,1H3,(H,24,27)/t14-,15-/m1/s1. The van der Waals surface area contributed by atoms with E-state index in [4.69, 9.17) is 0 Å². The van der Waals surface area contributed by atoms with Crippen molar-refractivity contribution in [3.63, 3.8) is 0 Å². The van der Waals surface area contributed by atoms with E-state index in [1.807, 2.05) is 35.9 Å². The van der Waals surface area contributed by atoms with Crippen molar-refractivity contribution in [1.29, 1.82) is 0 Å². The van der Waals surface area contributed by atoms with Crippen LogP contribution in [0.5, 0.6) is 0 Å². The number of para-hydroxylation sites is 2. The number of rotatable bonds is 4. The first-order valence-corrected chi connectivity index (χ1v) is 8.70. The molecule has 7 heteroatoms. The first-order chi connectivity index (χ1) is 12.8. The maximum absolute atomic E-state index is 12.6. The zero-order valence-corrected chi connectivity index (χ0v) is 14.6. The second-order valence-electron chi connectivity index (χ2n) is 6.86. The van der Waals surface area contributed by atoms with Crippen molar-refractivity contribution >= 4 is 16.9 Å². The van der Waals surface area contributed by atoms with Crippen LogP contribution in [-0.4, -0.2) is 15.5 Å². The molecule has 0 aliphatic heterocycles. The van der Waals surface area contributed by atoms with E-state index in [9.17, 15) is 18.0 Å². The molecule has 1 heterocycles. The van der Waals surface area contributed by atoms with Crippen LogP contribution in [0, 0.1) is 5.92 Å². The third-order valence-electron chi connectivity index (χ3n) is 5.09. The fraction of sp³-hybridized carbons (Fsp3) is 0.300. The molecule has 0 radical (unpaired) electrons. The van der Waals surface area contributed by atoms with Gasteiger partial charge in [0, 0.05) is 13.0 Å². The summed E-state index contributed by atoms with van der Waals surface area (Å²) in [4.78, 5) is 16.9. The van der Waals surface area contributed by atoms with E-state index in [1.165, 1.54) is 12.1 Å². The Hall–Kier alpha value is -2.83. The lowest BCUT2D eigenvalue weighted by molar-refractivity contribution is -0.137. The zero-order valence-electron chi connectivity index (χ0n) is 14.6. The Morgan fingerprint density at radius 1 is 1.19 bits per heavy atom. The van der Waals surface area contributed by atoms with Gasteiger partial charge in [-0.25, -0.2) is 4.98 Å². The van der Waals surface area contributed by atoms with Gasteiger partial charge in [-0.15, -0.1) is 0 Å². The van der Waals surface area contributed by atoms with Crippen molar-refractivity contribution < 1.29 is 18.0 Å². The zero-order chi connectivity index (χ0) is 19.2. The fourth-order valence-electron chi connectivity index (χ4n) is 3.42. The summed E-state index contributed by atoms with van der Waals surface area (Å²) in [7, 11) is 1.90. The molecule has 2 atom stereocenters. The molecule has 140 valence electrons. The molecule has 0 bridgehead atoms. The smallest absolute Gasteiger partial charge is 0.349 e. The summed E-state index contributed by atoms with van der Waals surface area (Å²) in [5.74, 6) is 0.451. The molecular weight excluding hydrogens is 355 g/mol. The number of hydrogen-bond donors (Lipinski definition) is 1. The van der Waals surface area contributed by atoms with Gasteiger partial charge in [0.2, 0.25) is 5.91 Å². The number of imidazole rings is 1. The van der Waals surface area contributed by atoms with E-state index < -0.39 is 11.7 Å². The summed E-state index contributed by atoms with van der Waals surface area (Å²) in [6, 6.07) is 12.8. The van der Waals surface area contributed by atoms with Crippen LogP contribution < -0.4 is 5.32 Å². The molecule has 1 N–H and O–H groups in total. The van der Waals surface area contributed by atoms with Crippen molar-refractivity contribution in [3.05, 3.63) is 65.5 Å². The largest absolute Gasteiger partial charge is 0.416 e. The Morgan fingerprint density at radius 2 is 1.89 bits per heavy atom. The number of aromatic nitrogens is 2. The number of nitrogens with zero attached hydrogens (tertiary/aromatic N) is 2. The van der Waals surface area contributed by atoms with Crippen molar-refractivity contribution in [2.45, 2.75) is 25.1 Å². The van der Waals surface area contributed by atoms with Crippen molar-refractivity contribution in [1.82, 2.24) is 14.9 Å². The average Bonchev–Trinajstić information content (AvgIpc) is 3.39. The number of carbonyl (C=O) groups is 1. The van der Waals surface area contributed by atoms with Gasteiger partial charge in [0.15, 0.2) is 0 Å². The molecular formula is C20H18F3N3O. The van der Waals surface area contributed by atoms with Gasteiger partial charge in [0.05, 0.1) is 23.1 Å². The highest BCUT2D eigenvalue weighted by Crippen LogP contribution is 2.48. The highest BCUT2D eigenvalue weighted by molar-refractivity contribution is 5.83. The van der Waals surface area contributed by atoms with Crippen molar-refractivity contribution in [2.24, 2.45) is 13.0 Å². The van der Waals surface area contributed by atoms with E-state index in [1.54, 1.807) is 0 Å². The molecule has 3 aromatic rings. The van der Waals surface area contributed by atoms with Crippen LogP contribution in [0.2, 0.25) is 0 Å². The Bertz CT molecular complexity index is 992. The van der Waals surface area contributed by atoms with E-state index >= 15 is 0 Å². The number of carbonyl (C=O) groups excluding carboxylic acids is 1. The Kier molecular flexibility index (Phi) is 4.17. The van der Waals surface area contributed by atoms with E-state index in [-0.39, 0.29) is 17.7 Å². The van der Waals surface area contributed by atoms with Gasteiger partial charge in [-0.2, -0.15) is 13.2 Å². The molecule has 1 aliphatic rings. The molecule has 1 amide bonds. The van der Waals surface area contributed by atoms with Crippen LogP contribution in [0.15, 0.2) is 48.5 Å². The summed E-state index contributed by atoms with van der Waals surface area (Å²) < 4.78 is 39.9. The summed E-state index contributed by atoms with van der Waals surface area (Å²) in [6.45, 7) is 0.320. The van der Waals surface area contributed by atoms with Crippen LogP contribution in [-0.2, 0) is 24.6 Å². The van der Waals surface area contributed by atoms with Gasteiger partial charge in [0.25, 0.3) is 0 Å². The number of aryl methyl sites for hydroxylation is 1. The molecule has 1 fully saturated rings. The normalized spacial score (nSPS) is 19.3. The van der Waals surface area contributed by atoms with Gasteiger partial charge >= 0.3 is 6.18 Å². The Morgan fingerprint density at radius 3 is 2.56 bits per heavy atom. The summed E-state index contributed by atoms with van der Waals surface area (Å²) >= 11 is 0. The lowest BCUT2D eigenvalue weighted by Gasteiger charge is -2.08. The number of amides is 1. The number of nitrogens with one attached hydrogen (secondary N) is 1. The Labute approximate surface area is 154 Å². The van der Waals surface area contributed by atoms with E-state index in [2.05, 4.69) is 10.3 Å². The predicted molar refractivity (Wildman–Crippen MR) is 94.9 cm³/mol. The monoisotopic (exact) mass is 373 g/mol. The maximum atomic E-state index is 12.6. The molecule has 1 aromatic heterocycles. The van der Waals surface area contributed by atoms with Crippen molar-refractivity contribution in [2.75, 3.05) is 0 Å². The highest BCUT2D eigenvalue weighted by Gasteiger charge is 2.44. The highest BCUT2D eigenvalue weighted by atomic mass is 19.4. The number of hydrogen-bond acceptors (Lipinski definition) is 2. The van der Waals surface area contributed by atoms with Crippen LogP contribution in [0.1, 0.15) is 29.3 Å². The van der Waals surface area contributed by atoms with Gasteiger partial charge in [0.1, 0.15) is 5.82 Å². The lowest BCUT2D eigenvalue weighted by atomic mass is 10.1. The van der Waals surface area contributed by atoms with Crippen LogP contribution in [0.3, 0.4) is 0 Å². The molecule has 4 nitrogen and oxygen atoms in total. The van der Waals surface area contributed by atoms with E-state index in [0.29, 0.717) is 13.0 Å². The quantitative estimate of drug-likeness (QED) is 0.751. The van der Waals surface area contributed by atoms with Crippen LogP contribution in [0.4, 0.5) is 13.2 Å². The predicted octanol–water partition coefficient (Wildman–Crippen LogP) is 4.01. The summed E-state index contributed by atoms with van der Waals surface area (Å²) in [6.07, 6.45) is -3.69. The number of fused-ring (bicyclic) bond motifs is 1. The van der Waals surface area contributed by atoms with Gasteiger partial charge in [-0.1, -0.05) is 24.3 Å². The topological polar surface area (TPSA) is 46.9 Å². The molecule has 1 aliphatic carbocycles. The molecule has 0 spiro atoms. The molecule has 0 saturated heterocycles. The molecule has 2 aromatic carbocycles. The molecule has 0 unspecified atom stereocenters. The third kappa shape index (κ3) is 3.41. The van der Waals surface area contributed by atoms with Crippen LogP contribution in [0.25, 0.3) is 11.0 Å². The minimum atomic E-state index is -4.34. The second kappa shape index (κ2) is 6.40. The second-order valence-corrected chi connectivity index (χ2v) is 6.86. The number of benzene rings is 2. The first-order valence-electron chi connectivity index (χ1n) is 8.70. The molecule has 1 saturated carbocycles. The Balaban J connectivity index is 1.38. The van der Waals surface area contributed by atoms with Gasteiger partial charge < -0.3 is 9.88 Å². The SMILES string of the molecule is Cn1c(CNC(=O)[C@@H]2C[C@@H]2c2ccc(C(F)(F)F)cc2)nc2ccccc21. The molecule has 27 heavy (non-hydrogen) atoms. The van der Waals surface area contributed by atoms with Gasteiger partial charge in [-0.3, -0.25) is 4.79 Å². The molecule has 4 rings (SSSR count). The average molecular weight is 373 g/mol. The summed E-state index contributed by atoms with van der Waals surface area (Å²) in [5, 5.41) is 2.90. The fourth-order valence-corrected chi connectivity index (χ4v) is 3.42. The first kappa shape index (κ1) is 17.6. The minimum Gasteiger partial charge on any atom is -0.349 e.